The van der Waals surface area contributed by atoms with Crippen LogP contribution in [0.5, 0.6) is 0 Å². The molecule has 1 saturated heterocycles. The van der Waals surface area contributed by atoms with E-state index >= 15 is 0 Å². The molecule has 6 atom stereocenters. The van der Waals surface area contributed by atoms with Crippen molar-refractivity contribution in [2.75, 3.05) is 4.90 Å². The van der Waals surface area contributed by atoms with Crippen molar-refractivity contribution in [1.82, 2.24) is 0 Å². The second kappa shape index (κ2) is 6.50. The van der Waals surface area contributed by atoms with E-state index < -0.39 is 0 Å². The molecule has 2 aromatic carbocycles. The van der Waals surface area contributed by atoms with Crippen molar-refractivity contribution in [3.05, 3.63) is 64.7 Å². The lowest BCUT2D eigenvalue weighted by molar-refractivity contribution is -0.125. The number of imide groups is 1. The number of oxime groups is 1. The third-order valence-electron chi connectivity index (χ3n) is 7.37. The van der Waals surface area contributed by atoms with Crippen molar-refractivity contribution >= 4 is 40.6 Å². The molecule has 0 spiro atoms. The molecule has 31 heavy (non-hydrogen) atoms. The summed E-state index contributed by atoms with van der Waals surface area (Å²) in [4.78, 5) is 45.4. The molecule has 2 heterocycles. The van der Waals surface area contributed by atoms with Gasteiger partial charge in [0.1, 0.15) is 6.10 Å². The lowest BCUT2D eigenvalue weighted by atomic mass is 9.71. The fraction of sp³-hybridized carbons (Fsp3) is 0.333. The number of nitrogens with zero attached hydrogens (tertiary/aromatic N) is 2. The predicted molar refractivity (Wildman–Crippen MR) is 114 cm³/mol. The number of carbonyl (C=O) groups excluding carboxylic acids is 3. The van der Waals surface area contributed by atoms with Crippen LogP contribution in [0.2, 0.25) is 5.02 Å². The summed E-state index contributed by atoms with van der Waals surface area (Å²) in [5, 5.41) is 4.94. The van der Waals surface area contributed by atoms with Gasteiger partial charge in [-0.05, 0) is 49.6 Å². The SMILES string of the molecule is CC(=O)c1ccc(N2C(=O)[C@@H]3[C@H]4C[C@@H]([C@@H]5C(c6ccccc6Cl)=NO[C@H]45)[C@@H]3C2=O)cc1. The third-order valence-corrected chi connectivity index (χ3v) is 7.70. The van der Waals surface area contributed by atoms with Gasteiger partial charge in [-0.2, -0.15) is 0 Å². The first-order valence-electron chi connectivity index (χ1n) is 10.4. The summed E-state index contributed by atoms with van der Waals surface area (Å²) >= 11 is 6.41. The van der Waals surface area contributed by atoms with Crippen LogP contribution in [0.15, 0.2) is 53.7 Å². The van der Waals surface area contributed by atoms with Crippen LogP contribution in [-0.2, 0) is 14.4 Å². The summed E-state index contributed by atoms with van der Waals surface area (Å²) in [6.45, 7) is 1.49. The molecule has 7 heteroatoms. The van der Waals surface area contributed by atoms with E-state index in [2.05, 4.69) is 5.16 Å². The molecule has 2 saturated carbocycles. The quantitative estimate of drug-likeness (QED) is 0.545. The maximum Gasteiger partial charge on any atom is 0.238 e. The zero-order chi connectivity index (χ0) is 21.4. The number of anilines is 1. The van der Waals surface area contributed by atoms with Crippen molar-refractivity contribution in [2.45, 2.75) is 19.4 Å². The van der Waals surface area contributed by atoms with Gasteiger partial charge < -0.3 is 4.84 Å². The molecule has 2 aromatic rings. The minimum atomic E-state index is -0.382. The second-order valence-electron chi connectivity index (χ2n) is 8.78. The Morgan fingerprint density at radius 3 is 2.35 bits per heavy atom. The molecule has 6 nitrogen and oxygen atoms in total. The van der Waals surface area contributed by atoms with Gasteiger partial charge in [0, 0.05) is 28.0 Å². The molecule has 0 unspecified atom stereocenters. The Morgan fingerprint density at radius 2 is 1.68 bits per heavy atom. The van der Waals surface area contributed by atoms with E-state index in [4.69, 9.17) is 16.4 Å². The van der Waals surface area contributed by atoms with Gasteiger partial charge in [-0.25, -0.2) is 0 Å². The van der Waals surface area contributed by atoms with Gasteiger partial charge in [0.2, 0.25) is 11.8 Å². The van der Waals surface area contributed by atoms with Crippen LogP contribution in [0.1, 0.15) is 29.3 Å². The third kappa shape index (κ3) is 2.45. The topological polar surface area (TPSA) is 76.0 Å². The fourth-order valence-corrected chi connectivity index (χ4v) is 6.35. The van der Waals surface area contributed by atoms with E-state index in [1.54, 1.807) is 24.3 Å². The van der Waals surface area contributed by atoms with Gasteiger partial charge in [-0.15, -0.1) is 0 Å². The molecular formula is C24H19ClN2O4. The number of halogens is 1. The summed E-state index contributed by atoms with van der Waals surface area (Å²) in [6.07, 6.45) is 0.581. The highest BCUT2D eigenvalue weighted by atomic mass is 35.5. The molecule has 2 bridgehead atoms. The lowest BCUT2D eigenvalue weighted by Crippen LogP contribution is -2.41. The minimum Gasteiger partial charge on any atom is -0.391 e. The zero-order valence-electron chi connectivity index (χ0n) is 16.7. The number of ketones is 1. The van der Waals surface area contributed by atoms with Gasteiger partial charge in [0.05, 0.1) is 23.2 Å². The van der Waals surface area contributed by atoms with Crippen LogP contribution in [0, 0.1) is 29.6 Å². The molecule has 2 amide bonds. The van der Waals surface area contributed by atoms with Crippen LogP contribution in [-0.4, -0.2) is 29.4 Å². The van der Waals surface area contributed by atoms with Gasteiger partial charge in [-0.3, -0.25) is 19.3 Å². The van der Waals surface area contributed by atoms with E-state index in [1.165, 1.54) is 11.8 Å². The number of benzene rings is 2. The van der Waals surface area contributed by atoms with E-state index in [-0.39, 0.29) is 53.3 Å². The summed E-state index contributed by atoms with van der Waals surface area (Å²) in [5.41, 5.74) is 2.67. The van der Waals surface area contributed by atoms with Crippen molar-refractivity contribution < 1.29 is 19.2 Å². The number of rotatable bonds is 3. The van der Waals surface area contributed by atoms with Gasteiger partial charge in [-0.1, -0.05) is 35.0 Å². The van der Waals surface area contributed by atoms with Crippen LogP contribution in [0.4, 0.5) is 5.69 Å². The van der Waals surface area contributed by atoms with E-state index in [1.807, 2.05) is 24.3 Å². The highest BCUT2D eigenvalue weighted by Gasteiger charge is 2.70. The normalized spacial score (nSPS) is 32.7. The number of carbonyl (C=O) groups is 3. The number of Topliss-reactive ketones (excluding diaryl/α,β-unsaturated/α-hetero) is 1. The Labute approximate surface area is 183 Å². The summed E-state index contributed by atoms with van der Waals surface area (Å²) < 4.78 is 0. The predicted octanol–water partition coefficient (Wildman–Crippen LogP) is 3.72. The molecule has 0 radical (unpaired) electrons. The Bertz CT molecular complexity index is 1170. The number of hydrogen-bond acceptors (Lipinski definition) is 5. The Kier molecular flexibility index (Phi) is 3.93. The summed E-state index contributed by atoms with van der Waals surface area (Å²) in [7, 11) is 0. The molecule has 2 aliphatic carbocycles. The molecule has 6 rings (SSSR count). The maximum absolute atomic E-state index is 13.4. The first-order valence-corrected chi connectivity index (χ1v) is 10.8. The van der Waals surface area contributed by atoms with E-state index in [0.29, 0.717) is 16.3 Å². The summed E-state index contributed by atoms with van der Waals surface area (Å²) in [5.74, 6) is -1.24. The number of amides is 2. The summed E-state index contributed by atoms with van der Waals surface area (Å²) in [6, 6.07) is 14.2. The lowest BCUT2D eigenvalue weighted by Gasteiger charge is -2.30. The van der Waals surface area contributed by atoms with Gasteiger partial charge in [0.15, 0.2) is 5.78 Å². The molecule has 2 aliphatic heterocycles. The van der Waals surface area contributed by atoms with Crippen LogP contribution >= 0.6 is 11.6 Å². The minimum absolute atomic E-state index is 0.00420. The van der Waals surface area contributed by atoms with Crippen LogP contribution in [0.25, 0.3) is 0 Å². The molecule has 3 fully saturated rings. The fourth-order valence-electron chi connectivity index (χ4n) is 6.12. The maximum atomic E-state index is 13.4. The first-order chi connectivity index (χ1) is 15.0. The molecule has 0 aromatic heterocycles. The van der Waals surface area contributed by atoms with Gasteiger partial charge in [0.25, 0.3) is 0 Å². The largest absolute Gasteiger partial charge is 0.391 e. The van der Waals surface area contributed by atoms with E-state index in [9.17, 15) is 14.4 Å². The number of hydrogen-bond donors (Lipinski definition) is 0. The molecule has 0 N–H and O–H groups in total. The van der Waals surface area contributed by atoms with Crippen LogP contribution in [0.3, 0.4) is 0 Å². The molecule has 156 valence electrons. The average Bonchev–Trinajstić information content (AvgIpc) is 3.49. The monoisotopic (exact) mass is 434 g/mol. The van der Waals surface area contributed by atoms with Crippen molar-refractivity contribution in [3.63, 3.8) is 0 Å². The molecule has 4 aliphatic rings. The highest BCUT2D eigenvalue weighted by Crippen LogP contribution is 2.62. The molecular weight excluding hydrogens is 416 g/mol. The van der Waals surface area contributed by atoms with Crippen molar-refractivity contribution in [3.8, 4) is 0 Å². The average molecular weight is 435 g/mol. The van der Waals surface area contributed by atoms with Crippen molar-refractivity contribution in [2.24, 2.45) is 34.7 Å². The first kappa shape index (κ1) is 18.8. The van der Waals surface area contributed by atoms with Crippen LogP contribution < -0.4 is 4.90 Å². The zero-order valence-corrected chi connectivity index (χ0v) is 17.5. The Hall–Kier alpha value is -2.99. The van der Waals surface area contributed by atoms with E-state index in [0.717, 1.165) is 17.7 Å². The van der Waals surface area contributed by atoms with Crippen molar-refractivity contribution in [1.29, 1.82) is 0 Å². The van der Waals surface area contributed by atoms with Gasteiger partial charge >= 0.3 is 0 Å². The second-order valence-corrected chi connectivity index (χ2v) is 9.19. The Morgan fingerprint density at radius 1 is 1.00 bits per heavy atom. The number of fused-ring (bicyclic) bond motifs is 8. The smallest absolute Gasteiger partial charge is 0.238 e. The highest BCUT2D eigenvalue weighted by molar-refractivity contribution is 6.34. The standard InChI is InChI=1S/C24H19ClN2O4/c1-11(28)12-6-8-13(9-7-12)27-23(29)18-15-10-16(19(18)24(27)30)22-20(15)21(26-31-22)14-4-2-3-5-17(14)25/h2-9,15-16,18-20,22H,10H2,1H3/t15-,16-,18+,19-,20-,22-/m1/s1. The Balaban J connectivity index is 1.34.